The Kier molecular flexibility index (Phi) is 7.49. The molecule has 0 aliphatic carbocycles. The fourth-order valence-corrected chi connectivity index (χ4v) is 3.84. The van der Waals surface area contributed by atoms with Crippen LogP contribution in [0.3, 0.4) is 0 Å². The van der Waals surface area contributed by atoms with Crippen molar-refractivity contribution in [3.05, 3.63) is 87.5 Å². The van der Waals surface area contributed by atoms with Gasteiger partial charge in [-0.3, -0.25) is 9.69 Å². The van der Waals surface area contributed by atoms with Gasteiger partial charge in [0.2, 0.25) is 11.2 Å². The fourth-order valence-electron chi connectivity index (χ4n) is 3.84. The summed E-state index contributed by atoms with van der Waals surface area (Å²) in [6.07, 6.45) is 2.10. The molecule has 3 aromatic rings. The minimum atomic E-state index is -0.564. The molecule has 0 N–H and O–H groups in total. The van der Waals surface area contributed by atoms with Gasteiger partial charge < -0.3 is 23.4 Å². The Morgan fingerprint density at radius 2 is 1.74 bits per heavy atom. The average Bonchev–Trinajstić information content (AvgIpc) is 2.86. The van der Waals surface area contributed by atoms with Crippen molar-refractivity contribution in [3.63, 3.8) is 0 Å². The highest BCUT2D eigenvalue weighted by Gasteiger charge is 2.20. The average molecular weight is 466 g/mol. The van der Waals surface area contributed by atoms with Gasteiger partial charge in [0.15, 0.2) is 18.1 Å². The van der Waals surface area contributed by atoms with Gasteiger partial charge in [-0.05, 0) is 35.2 Å². The Bertz CT molecular complexity index is 1190. The lowest BCUT2D eigenvalue weighted by Gasteiger charge is -2.29. The summed E-state index contributed by atoms with van der Waals surface area (Å²) in [4.78, 5) is 26.5. The second-order valence-electron chi connectivity index (χ2n) is 7.95. The summed E-state index contributed by atoms with van der Waals surface area (Å²) in [5, 5.41) is 0. The molecule has 8 heteroatoms. The van der Waals surface area contributed by atoms with Crippen LogP contribution in [0.25, 0.3) is 0 Å². The standard InChI is InChI=1S/C26H27NO7/c1-30-23-10-19-8-9-27(13-20(19)11-24(23)31-2)14-21-12-22(28)25(16-32-21)33-17-26(29)34-15-18-6-4-3-5-7-18/h3-7,10-12,16H,8-9,13-15,17H2,1-2H3. The summed E-state index contributed by atoms with van der Waals surface area (Å²) in [7, 11) is 3.24. The van der Waals surface area contributed by atoms with Crippen molar-refractivity contribution in [2.24, 2.45) is 0 Å². The van der Waals surface area contributed by atoms with E-state index in [9.17, 15) is 9.59 Å². The van der Waals surface area contributed by atoms with Crippen molar-refractivity contribution in [1.29, 1.82) is 0 Å². The maximum absolute atomic E-state index is 12.4. The Hall–Kier alpha value is -3.78. The molecular formula is C26H27NO7. The van der Waals surface area contributed by atoms with E-state index in [1.807, 2.05) is 42.5 Å². The molecule has 8 nitrogen and oxygen atoms in total. The number of fused-ring (bicyclic) bond motifs is 1. The predicted molar refractivity (Wildman–Crippen MR) is 124 cm³/mol. The van der Waals surface area contributed by atoms with E-state index in [4.69, 9.17) is 23.4 Å². The smallest absolute Gasteiger partial charge is 0.344 e. The summed E-state index contributed by atoms with van der Waals surface area (Å²) in [6.45, 7) is 1.77. The van der Waals surface area contributed by atoms with Gasteiger partial charge in [-0.15, -0.1) is 0 Å². The second kappa shape index (κ2) is 10.9. The van der Waals surface area contributed by atoms with E-state index in [-0.39, 0.29) is 24.4 Å². The molecule has 0 unspecified atom stereocenters. The zero-order valence-electron chi connectivity index (χ0n) is 19.2. The molecule has 178 valence electrons. The van der Waals surface area contributed by atoms with Crippen LogP contribution < -0.4 is 19.6 Å². The number of rotatable bonds is 9. The van der Waals surface area contributed by atoms with Gasteiger partial charge in [-0.1, -0.05) is 30.3 Å². The molecule has 1 aliphatic rings. The van der Waals surface area contributed by atoms with Crippen molar-refractivity contribution in [3.8, 4) is 17.2 Å². The molecular weight excluding hydrogens is 438 g/mol. The third kappa shape index (κ3) is 5.77. The van der Waals surface area contributed by atoms with E-state index >= 15 is 0 Å². The van der Waals surface area contributed by atoms with E-state index < -0.39 is 5.97 Å². The van der Waals surface area contributed by atoms with Crippen LogP contribution in [-0.4, -0.2) is 38.2 Å². The summed E-state index contributed by atoms with van der Waals surface area (Å²) < 4.78 is 26.9. The Labute approximate surface area is 197 Å². The lowest BCUT2D eigenvalue weighted by Crippen LogP contribution is -2.30. The minimum Gasteiger partial charge on any atom is -0.493 e. The van der Waals surface area contributed by atoms with Gasteiger partial charge in [0.1, 0.15) is 18.6 Å². The van der Waals surface area contributed by atoms with Crippen LogP contribution in [0.1, 0.15) is 22.5 Å². The number of esters is 1. The number of ether oxygens (including phenoxy) is 4. The Balaban J connectivity index is 1.31. The van der Waals surface area contributed by atoms with Crippen molar-refractivity contribution >= 4 is 5.97 Å². The normalized spacial score (nSPS) is 13.1. The van der Waals surface area contributed by atoms with Crippen LogP contribution in [0, 0.1) is 0 Å². The topological polar surface area (TPSA) is 87.4 Å². The molecule has 0 saturated carbocycles. The molecule has 0 spiro atoms. The number of hydrogen-bond donors (Lipinski definition) is 0. The van der Waals surface area contributed by atoms with Crippen LogP contribution in [-0.2, 0) is 35.6 Å². The van der Waals surface area contributed by atoms with Gasteiger partial charge in [0, 0.05) is 19.2 Å². The van der Waals surface area contributed by atoms with Crippen LogP contribution in [0.5, 0.6) is 17.2 Å². The van der Waals surface area contributed by atoms with Crippen LogP contribution in [0.15, 0.2) is 64.0 Å². The minimum absolute atomic E-state index is 0.0266. The summed E-state index contributed by atoms with van der Waals surface area (Å²) in [5.74, 6) is 1.35. The first-order valence-electron chi connectivity index (χ1n) is 11.0. The summed E-state index contributed by atoms with van der Waals surface area (Å²) >= 11 is 0. The number of nitrogens with zero attached hydrogens (tertiary/aromatic N) is 1. The Morgan fingerprint density at radius 1 is 1.00 bits per heavy atom. The molecule has 1 aliphatic heterocycles. The van der Waals surface area contributed by atoms with Gasteiger partial charge >= 0.3 is 5.97 Å². The molecule has 1 aromatic heterocycles. The second-order valence-corrected chi connectivity index (χ2v) is 7.95. The van der Waals surface area contributed by atoms with Gasteiger partial charge in [-0.2, -0.15) is 0 Å². The molecule has 0 atom stereocenters. The molecule has 0 amide bonds. The summed E-state index contributed by atoms with van der Waals surface area (Å²) in [5.41, 5.74) is 2.90. The first-order chi connectivity index (χ1) is 16.6. The zero-order chi connectivity index (χ0) is 23.9. The Morgan fingerprint density at radius 3 is 2.44 bits per heavy atom. The van der Waals surface area contributed by atoms with E-state index in [0.29, 0.717) is 24.6 Å². The fraction of sp³-hybridized carbons (Fsp3) is 0.308. The molecule has 0 radical (unpaired) electrons. The lowest BCUT2D eigenvalue weighted by atomic mass is 9.98. The van der Waals surface area contributed by atoms with E-state index in [1.54, 1.807) is 14.2 Å². The number of hydrogen-bond acceptors (Lipinski definition) is 8. The maximum Gasteiger partial charge on any atom is 0.344 e. The van der Waals surface area contributed by atoms with Crippen LogP contribution in [0.2, 0.25) is 0 Å². The molecule has 0 saturated heterocycles. The van der Waals surface area contributed by atoms with Crippen molar-refractivity contribution in [2.45, 2.75) is 26.1 Å². The van der Waals surface area contributed by atoms with Crippen LogP contribution in [0.4, 0.5) is 0 Å². The third-order valence-electron chi connectivity index (χ3n) is 5.62. The van der Waals surface area contributed by atoms with Gasteiger partial charge in [0.25, 0.3) is 0 Å². The van der Waals surface area contributed by atoms with Crippen molar-refractivity contribution in [1.82, 2.24) is 4.90 Å². The predicted octanol–water partition coefficient (Wildman–Crippen LogP) is 3.34. The molecule has 0 bridgehead atoms. The molecule has 2 heterocycles. The number of carbonyl (C=O) groups is 1. The highest BCUT2D eigenvalue weighted by Crippen LogP contribution is 2.33. The van der Waals surface area contributed by atoms with Crippen molar-refractivity contribution < 1.29 is 28.2 Å². The van der Waals surface area contributed by atoms with Gasteiger partial charge in [0.05, 0.1) is 20.8 Å². The molecule has 0 fully saturated rings. The van der Waals surface area contributed by atoms with E-state index in [2.05, 4.69) is 4.90 Å². The van der Waals surface area contributed by atoms with E-state index in [1.165, 1.54) is 17.9 Å². The van der Waals surface area contributed by atoms with Gasteiger partial charge in [-0.25, -0.2) is 4.79 Å². The molecule has 4 rings (SSSR count). The number of carbonyl (C=O) groups excluding carboxylic acids is 1. The highest BCUT2D eigenvalue weighted by atomic mass is 16.6. The molecule has 34 heavy (non-hydrogen) atoms. The van der Waals surface area contributed by atoms with Crippen molar-refractivity contribution in [2.75, 3.05) is 27.4 Å². The zero-order valence-corrected chi connectivity index (χ0v) is 19.2. The number of benzene rings is 2. The first kappa shape index (κ1) is 23.4. The largest absolute Gasteiger partial charge is 0.493 e. The SMILES string of the molecule is COc1cc2c(cc1OC)CN(Cc1cc(=O)c(OCC(=O)OCc3ccccc3)co1)CC2. The monoisotopic (exact) mass is 465 g/mol. The first-order valence-corrected chi connectivity index (χ1v) is 11.0. The summed E-state index contributed by atoms with van der Waals surface area (Å²) in [6, 6.07) is 14.7. The lowest BCUT2D eigenvalue weighted by molar-refractivity contribution is -0.147. The number of methoxy groups -OCH3 is 2. The highest BCUT2D eigenvalue weighted by molar-refractivity contribution is 5.71. The van der Waals surface area contributed by atoms with Crippen LogP contribution >= 0.6 is 0 Å². The van der Waals surface area contributed by atoms with E-state index in [0.717, 1.165) is 29.8 Å². The quantitative estimate of drug-likeness (QED) is 0.445. The third-order valence-corrected chi connectivity index (χ3v) is 5.62. The maximum atomic E-state index is 12.4. The molecule has 2 aromatic carbocycles.